The van der Waals surface area contributed by atoms with E-state index in [1.54, 1.807) is 16.5 Å². The van der Waals surface area contributed by atoms with Crippen molar-refractivity contribution < 1.29 is 4.79 Å². The van der Waals surface area contributed by atoms with E-state index in [-0.39, 0.29) is 17.4 Å². The Labute approximate surface area is 138 Å². The Kier molecular flexibility index (Phi) is 3.62. The first kappa shape index (κ1) is 15.0. The van der Waals surface area contributed by atoms with Crippen LogP contribution in [0.3, 0.4) is 0 Å². The summed E-state index contributed by atoms with van der Waals surface area (Å²) in [5.41, 5.74) is 1.29. The number of rotatable bonds is 1. The van der Waals surface area contributed by atoms with Crippen LogP contribution in [-0.2, 0) is 24.3 Å². The highest BCUT2D eigenvalue weighted by Crippen LogP contribution is 2.27. The molecular formula is C15H19N7O2. The van der Waals surface area contributed by atoms with Gasteiger partial charge in [0.2, 0.25) is 5.91 Å². The minimum absolute atomic E-state index is 0.0262. The van der Waals surface area contributed by atoms with Crippen LogP contribution in [0.2, 0.25) is 0 Å². The van der Waals surface area contributed by atoms with Crippen molar-refractivity contribution in [2.45, 2.75) is 51.6 Å². The molecular weight excluding hydrogens is 310 g/mol. The summed E-state index contributed by atoms with van der Waals surface area (Å²) in [7, 11) is 0. The summed E-state index contributed by atoms with van der Waals surface area (Å²) in [4.78, 5) is 34.0. The third-order valence-electron chi connectivity index (χ3n) is 4.79. The van der Waals surface area contributed by atoms with Gasteiger partial charge in [0.15, 0.2) is 5.82 Å². The maximum absolute atomic E-state index is 13.0. The van der Waals surface area contributed by atoms with Crippen LogP contribution < -0.4 is 5.56 Å². The van der Waals surface area contributed by atoms with Crippen LogP contribution in [-0.4, -0.2) is 47.5 Å². The molecule has 0 fully saturated rings. The van der Waals surface area contributed by atoms with Gasteiger partial charge in [-0.05, 0) is 36.6 Å². The number of H-pyrrole nitrogens is 1. The molecule has 0 bridgehead atoms. The monoisotopic (exact) mass is 329 g/mol. The lowest BCUT2D eigenvalue weighted by Gasteiger charge is -2.30. The lowest BCUT2D eigenvalue weighted by atomic mass is 9.98. The van der Waals surface area contributed by atoms with Crippen molar-refractivity contribution in [2.75, 3.05) is 6.54 Å². The van der Waals surface area contributed by atoms with Crippen LogP contribution in [0.15, 0.2) is 4.79 Å². The second kappa shape index (κ2) is 5.81. The highest BCUT2D eigenvalue weighted by molar-refractivity contribution is 5.83. The molecule has 0 saturated carbocycles. The predicted octanol–water partition coefficient (Wildman–Crippen LogP) is -0.0828. The van der Waals surface area contributed by atoms with Gasteiger partial charge in [0.05, 0.1) is 18.2 Å². The Morgan fingerprint density at radius 2 is 2.17 bits per heavy atom. The third-order valence-corrected chi connectivity index (χ3v) is 4.79. The van der Waals surface area contributed by atoms with E-state index in [4.69, 9.17) is 0 Å². The van der Waals surface area contributed by atoms with Gasteiger partial charge in [-0.1, -0.05) is 6.42 Å². The number of aryl methyl sites for hydroxylation is 2. The van der Waals surface area contributed by atoms with Crippen molar-refractivity contribution in [3.05, 3.63) is 33.3 Å². The summed E-state index contributed by atoms with van der Waals surface area (Å²) < 4.78 is 1.74. The number of amides is 1. The molecule has 0 unspecified atom stereocenters. The fourth-order valence-electron chi connectivity index (χ4n) is 3.57. The molecule has 9 nitrogen and oxygen atoms in total. The number of nitrogens with zero attached hydrogens (tertiary/aromatic N) is 6. The highest BCUT2D eigenvalue weighted by Gasteiger charge is 2.34. The maximum Gasteiger partial charge on any atom is 0.254 e. The molecule has 4 heterocycles. The molecule has 1 amide bonds. The molecule has 2 aliphatic rings. The van der Waals surface area contributed by atoms with Gasteiger partial charge in [0, 0.05) is 18.7 Å². The minimum atomic E-state index is -0.313. The number of nitrogens with one attached hydrogen (secondary N) is 1. The molecule has 0 radical (unpaired) electrons. The summed E-state index contributed by atoms with van der Waals surface area (Å²) in [6.45, 7) is 3.40. The van der Waals surface area contributed by atoms with E-state index < -0.39 is 0 Å². The normalized spacial score (nSPS) is 20.2. The van der Waals surface area contributed by atoms with Gasteiger partial charge in [-0.25, -0.2) is 9.67 Å². The zero-order valence-corrected chi connectivity index (χ0v) is 13.5. The summed E-state index contributed by atoms with van der Waals surface area (Å²) in [6, 6.07) is 0. The van der Waals surface area contributed by atoms with Crippen molar-refractivity contribution >= 4 is 5.91 Å². The minimum Gasteiger partial charge on any atom is -0.336 e. The predicted molar refractivity (Wildman–Crippen MR) is 83.1 cm³/mol. The van der Waals surface area contributed by atoms with Crippen molar-refractivity contribution in [1.29, 1.82) is 0 Å². The topological polar surface area (TPSA) is 110 Å². The van der Waals surface area contributed by atoms with Crippen molar-refractivity contribution in [1.82, 2.24) is 35.1 Å². The standard InChI is InChI=1S/C15H19N7O2/c1-9-16-12-8-21(7-5-10(12)14(23)17-9)15(24)11-4-2-3-6-22-13(11)18-19-20-22/h11H,2-8H2,1H3,(H,16,17,23)/t11-/m1/s1. The maximum atomic E-state index is 13.0. The van der Waals surface area contributed by atoms with Gasteiger partial charge >= 0.3 is 0 Å². The van der Waals surface area contributed by atoms with E-state index >= 15 is 0 Å². The molecule has 24 heavy (non-hydrogen) atoms. The van der Waals surface area contributed by atoms with Crippen molar-refractivity contribution in [3.63, 3.8) is 0 Å². The highest BCUT2D eigenvalue weighted by atomic mass is 16.2. The number of tetrazole rings is 1. The quantitative estimate of drug-likeness (QED) is 0.783. The second-order valence-electron chi connectivity index (χ2n) is 6.39. The summed E-state index contributed by atoms with van der Waals surface area (Å²) >= 11 is 0. The Balaban J connectivity index is 1.61. The van der Waals surface area contributed by atoms with Gasteiger partial charge in [-0.3, -0.25) is 9.59 Å². The van der Waals surface area contributed by atoms with E-state index in [2.05, 4.69) is 25.5 Å². The molecule has 0 spiro atoms. The molecule has 0 aromatic carbocycles. The first-order chi connectivity index (χ1) is 11.6. The Hall–Kier alpha value is -2.58. The van der Waals surface area contributed by atoms with Gasteiger partial charge in [0.1, 0.15) is 5.82 Å². The van der Waals surface area contributed by atoms with E-state index in [0.717, 1.165) is 25.8 Å². The number of carbonyl (C=O) groups is 1. The third kappa shape index (κ3) is 2.49. The number of hydrogen-bond acceptors (Lipinski definition) is 6. The van der Waals surface area contributed by atoms with Crippen LogP contribution in [0, 0.1) is 6.92 Å². The van der Waals surface area contributed by atoms with Crippen LogP contribution in [0.5, 0.6) is 0 Å². The molecule has 4 rings (SSSR count). The van der Waals surface area contributed by atoms with Gasteiger partial charge in [0.25, 0.3) is 5.56 Å². The smallest absolute Gasteiger partial charge is 0.254 e. The van der Waals surface area contributed by atoms with Crippen LogP contribution in [0.4, 0.5) is 0 Å². The fourth-order valence-corrected chi connectivity index (χ4v) is 3.57. The van der Waals surface area contributed by atoms with Crippen LogP contribution in [0.25, 0.3) is 0 Å². The zero-order valence-electron chi connectivity index (χ0n) is 13.5. The number of aromatic amines is 1. The summed E-state index contributed by atoms with van der Waals surface area (Å²) in [6.07, 6.45) is 3.22. The van der Waals surface area contributed by atoms with E-state index in [1.165, 1.54) is 0 Å². The largest absolute Gasteiger partial charge is 0.336 e. The first-order valence-electron chi connectivity index (χ1n) is 8.27. The molecule has 9 heteroatoms. The number of fused-ring (bicyclic) bond motifs is 2. The Bertz CT molecular complexity index is 841. The van der Waals surface area contributed by atoms with E-state index in [9.17, 15) is 9.59 Å². The lowest BCUT2D eigenvalue weighted by Crippen LogP contribution is -2.42. The van der Waals surface area contributed by atoms with E-state index in [1.807, 2.05) is 0 Å². The van der Waals surface area contributed by atoms with Crippen molar-refractivity contribution in [2.24, 2.45) is 0 Å². The zero-order chi connectivity index (χ0) is 16.7. The molecule has 2 aromatic rings. The van der Waals surface area contributed by atoms with Crippen molar-refractivity contribution in [3.8, 4) is 0 Å². The molecule has 126 valence electrons. The first-order valence-corrected chi connectivity index (χ1v) is 8.27. The fraction of sp³-hybridized carbons (Fsp3) is 0.600. The second-order valence-corrected chi connectivity index (χ2v) is 6.39. The molecule has 0 aliphatic carbocycles. The summed E-state index contributed by atoms with van der Waals surface area (Å²) in [5, 5.41) is 11.8. The van der Waals surface area contributed by atoms with Crippen LogP contribution >= 0.6 is 0 Å². The van der Waals surface area contributed by atoms with E-state index in [0.29, 0.717) is 42.4 Å². The molecule has 2 aromatic heterocycles. The average molecular weight is 329 g/mol. The Morgan fingerprint density at radius 3 is 3.04 bits per heavy atom. The van der Waals surface area contributed by atoms with Crippen LogP contribution in [0.1, 0.15) is 48.1 Å². The molecule has 1 N–H and O–H groups in total. The number of aromatic nitrogens is 6. The molecule has 0 saturated heterocycles. The summed E-state index contributed by atoms with van der Waals surface area (Å²) in [5.74, 6) is 0.940. The molecule has 2 aliphatic heterocycles. The lowest BCUT2D eigenvalue weighted by molar-refractivity contribution is -0.134. The SMILES string of the molecule is Cc1nc2c(c(=O)[nH]1)CCN(C(=O)[C@@H]1CCCCn3nnnc31)C2. The van der Waals surface area contributed by atoms with Gasteiger partial charge < -0.3 is 9.88 Å². The number of hydrogen-bond donors (Lipinski definition) is 1. The average Bonchev–Trinajstić information content (AvgIpc) is 2.93. The molecule has 1 atom stereocenters. The number of carbonyl (C=O) groups excluding carboxylic acids is 1. The van der Waals surface area contributed by atoms with Gasteiger partial charge in [-0.15, -0.1) is 5.10 Å². The van der Waals surface area contributed by atoms with Gasteiger partial charge in [-0.2, -0.15) is 0 Å². The Morgan fingerprint density at radius 1 is 1.29 bits per heavy atom.